The minimum atomic E-state index is -1.48. The number of rotatable bonds is 5. The fraction of sp³-hybridized carbons (Fsp3) is 0.722. The SMILES string of the molecule is CC(OC(=O)[C@@H]1OC(C)(C)O[C@H]1C(=O)OC(C)(C)C)C(=O)ON1C(=O)CCC1=O. The summed E-state index contributed by atoms with van der Waals surface area (Å²) in [7, 11) is 0. The van der Waals surface area contributed by atoms with Crippen molar-refractivity contribution >= 4 is 29.7 Å². The highest BCUT2D eigenvalue weighted by atomic mass is 16.8. The minimum absolute atomic E-state index is 0.0693. The molecule has 0 aromatic rings. The van der Waals surface area contributed by atoms with E-state index in [2.05, 4.69) is 0 Å². The van der Waals surface area contributed by atoms with Gasteiger partial charge in [-0.25, -0.2) is 14.4 Å². The topological polar surface area (TPSA) is 135 Å². The Balaban J connectivity index is 2.02. The highest BCUT2D eigenvalue weighted by Gasteiger charge is 2.52. The molecule has 0 aromatic heterocycles. The maximum atomic E-state index is 12.5. The van der Waals surface area contributed by atoms with Crippen LogP contribution < -0.4 is 0 Å². The number of nitrogens with zero attached hydrogens (tertiary/aromatic N) is 1. The summed E-state index contributed by atoms with van der Waals surface area (Å²) in [5.41, 5.74) is -0.826. The quantitative estimate of drug-likeness (QED) is 0.458. The van der Waals surface area contributed by atoms with Crippen LogP contribution in [0.25, 0.3) is 0 Å². The monoisotopic (exact) mass is 415 g/mol. The third-order valence-electron chi connectivity index (χ3n) is 3.78. The van der Waals surface area contributed by atoms with Gasteiger partial charge >= 0.3 is 17.9 Å². The van der Waals surface area contributed by atoms with Crippen molar-refractivity contribution in [2.75, 3.05) is 0 Å². The smallest absolute Gasteiger partial charge is 0.373 e. The molecule has 29 heavy (non-hydrogen) atoms. The zero-order valence-corrected chi connectivity index (χ0v) is 17.2. The molecule has 0 spiro atoms. The second-order valence-corrected chi connectivity index (χ2v) is 8.08. The number of hydroxylamine groups is 2. The van der Waals surface area contributed by atoms with Crippen molar-refractivity contribution < 1.29 is 47.8 Å². The van der Waals surface area contributed by atoms with E-state index in [1.165, 1.54) is 20.8 Å². The Morgan fingerprint density at radius 2 is 1.52 bits per heavy atom. The van der Waals surface area contributed by atoms with Crippen LogP contribution in [0.2, 0.25) is 0 Å². The van der Waals surface area contributed by atoms with Crippen molar-refractivity contribution in [3.63, 3.8) is 0 Å². The zero-order valence-electron chi connectivity index (χ0n) is 17.2. The number of amides is 2. The molecule has 2 aliphatic heterocycles. The molecule has 162 valence electrons. The fourth-order valence-corrected chi connectivity index (χ4v) is 2.58. The molecule has 1 unspecified atom stereocenters. The molecule has 0 radical (unpaired) electrons. The van der Waals surface area contributed by atoms with Crippen molar-refractivity contribution in [2.45, 2.75) is 84.1 Å². The molecule has 0 aromatic carbocycles. The average molecular weight is 415 g/mol. The van der Waals surface area contributed by atoms with E-state index in [0.29, 0.717) is 5.06 Å². The number of esters is 2. The van der Waals surface area contributed by atoms with Gasteiger partial charge < -0.3 is 23.8 Å². The van der Waals surface area contributed by atoms with Gasteiger partial charge in [0.15, 0.2) is 24.1 Å². The first-order chi connectivity index (χ1) is 13.2. The molecule has 11 heteroatoms. The Hall–Kier alpha value is -2.53. The predicted molar refractivity (Wildman–Crippen MR) is 92.4 cm³/mol. The highest BCUT2D eigenvalue weighted by Crippen LogP contribution is 2.31. The highest BCUT2D eigenvalue weighted by molar-refractivity contribution is 6.01. The van der Waals surface area contributed by atoms with Crippen molar-refractivity contribution in [1.29, 1.82) is 0 Å². The summed E-state index contributed by atoms with van der Waals surface area (Å²) in [4.78, 5) is 64.7. The number of carbonyl (C=O) groups excluding carboxylic acids is 5. The molecule has 0 bridgehead atoms. The van der Waals surface area contributed by atoms with Crippen LogP contribution in [0.5, 0.6) is 0 Å². The first-order valence-corrected chi connectivity index (χ1v) is 9.07. The summed E-state index contributed by atoms with van der Waals surface area (Å²) in [6.45, 7) is 9.14. The van der Waals surface area contributed by atoms with Crippen molar-refractivity contribution in [3.05, 3.63) is 0 Å². The lowest BCUT2D eigenvalue weighted by atomic mass is 10.1. The summed E-state index contributed by atoms with van der Waals surface area (Å²) in [5.74, 6) is -5.62. The summed E-state index contributed by atoms with van der Waals surface area (Å²) in [6, 6.07) is 0. The Kier molecular flexibility index (Phi) is 6.33. The molecule has 2 amide bonds. The Labute approximate surface area is 167 Å². The first kappa shape index (κ1) is 22.8. The number of carbonyl (C=O) groups is 5. The lowest BCUT2D eigenvalue weighted by Gasteiger charge is -2.23. The third-order valence-corrected chi connectivity index (χ3v) is 3.78. The predicted octanol–water partition coefficient (Wildman–Crippen LogP) is 0.387. The van der Waals surface area contributed by atoms with Crippen LogP contribution in [0.15, 0.2) is 0 Å². The molecule has 3 atom stereocenters. The van der Waals surface area contributed by atoms with E-state index in [1.807, 2.05) is 0 Å². The van der Waals surface area contributed by atoms with Crippen LogP contribution >= 0.6 is 0 Å². The largest absolute Gasteiger partial charge is 0.458 e. The van der Waals surface area contributed by atoms with Gasteiger partial charge in [-0.1, -0.05) is 0 Å². The molecule has 0 saturated carbocycles. The molecule has 2 saturated heterocycles. The standard InChI is InChI=1S/C18H25NO10/c1-9(14(22)29-19-10(20)7-8-11(19)21)25-15(23)12-13(27-18(5,6)26-12)16(24)28-17(2,3)4/h9,12-13H,7-8H2,1-6H3/t9?,12-,13-/m1/s1. The zero-order chi connectivity index (χ0) is 22.1. The second-order valence-electron chi connectivity index (χ2n) is 8.08. The summed E-state index contributed by atoms with van der Waals surface area (Å²) < 4.78 is 21.1. The lowest BCUT2D eigenvalue weighted by Crippen LogP contribution is -2.44. The van der Waals surface area contributed by atoms with E-state index in [0.717, 1.165) is 0 Å². The van der Waals surface area contributed by atoms with E-state index in [-0.39, 0.29) is 12.8 Å². The molecule has 2 fully saturated rings. The van der Waals surface area contributed by atoms with Gasteiger partial charge in [-0.15, -0.1) is 5.06 Å². The molecule has 11 nitrogen and oxygen atoms in total. The van der Waals surface area contributed by atoms with Gasteiger partial charge in [-0.3, -0.25) is 9.59 Å². The van der Waals surface area contributed by atoms with Crippen molar-refractivity contribution in [1.82, 2.24) is 5.06 Å². The van der Waals surface area contributed by atoms with Gasteiger partial charge in [0.2, 0.25) is 0 Å². The summed E-state index contributed by atoms with van der Waals surface area (Å²) in [5, 5.41) is 0.342. The van der Waals surface area contributed by atoms with E-state index in [9.17, 15) is 24.0 Å². The first-order valence-electron chi connectivity index (χ1n) is 9.07. The van der Waals surface area contributed by atoms with Gasteiger partial charge in [-0.05, 0) is 41.5 Å². The molecule has 2 aliphatic rings. The number of hydrogen-bond donors (Lipinski definition) is 0. The Morgan fingerprint density at radius 3 is 2.00 bits per heavy atom. The molecular formula is C18H25NO10. The van der Waals surface area contributed by atoms with Crippen LogP contribution in [0.3, 0.4) is 0 Å². The number of ether oxygens (including phenoxy) is 4. The van der Waals surface area contributed by atoms with E-state index in [4.69, 9.17) is 23.8 Å². The normalized spacial score (nSPS) is 25.0. The van der Waals surface area contributed by atoms with Crippen LogP contribution in [-0.4, -0.2) is 64.5 Å². The van der Waals surface area contributed by atoms with Crippen LogP contribution in [0, 0.1) is 0 Å². The van der Waals surface area contributed by atoms with Crippen molar-refractivity contribution in [3.8, 4) is 0 Å². The van der Waals surface area contributed by atoms with Gasteiger partial charge in [0.05, 0.1) is 0 Å². The van der Waals surface area contributed by atoms with E-state index in [1.54, 1.807) is 20.8 Å². The summed E-state index contributed by atoms with van der Waals surface area (Å²) >= 11 is 0. The maximum Gasteiger partial charge on any atom is 0.373 e. The molecule has 2 heterocycles. The van der Waals surface area contributed by atoms with Crippen molar-refractivity contribution in [2.24, 2.45) is 0 Å². The van der Waals surface area contributed by atoms with Gasteiger partial charge in [0.25, 0.3) is 11.8 Å². The van der Waals surface area contributed by atoms with Gasteiger partial charge in [-0.2, -0.15) is 0 Å². The minimum Gasteiger partial charge on any atom is -0.458 e. The molecule has 0 N–H and O–H groups in total. The second kappa shape index (κ2) is 8.07. The van der Waals surface area contributed by atoms with Gasteiger partial charge in [0, 0.05) is 12.8 Å². The number of hydrogen-bond acceptors (Lipinski definition) is 10. The van der Waals surface area contributed by atoms with E-state index < -0.39 is 59.4 Å². The van der Waals surface area contributed by atoms with Crippen LogP contribution in [0.4, 0.5) is 0 Å². The Bertz CT molecular complexity index is 707. The Morgan fingerprint density at radius 1 is 1.03 bits per heavy atom. The van der Waals surface area contributed by atoms with Crippen LogP contribution in [0.1, 0.15) is 54.4 Å². The fourth-order valence-electron chi connectivity index (χ4n) is 2.58. The van der Waals surface area contributed by atoms with E-state index >= 15 is 0 Å². The summed E-state index contributed by atoms with van der Waals surface area (Å²) in [6.07, 6.45) is -4.50. The molecule has 2 rings (SSSR count). The maximum absolute atomic E-state index is 12.5. The molecular weight excluding hydrogens is 390 g/mol. The number of imide groups is 1. The van der Waals surface area contributed by atoms with Crippen LogP contribution in [-0.2, 0) is 47.8 Å². The molecule has 0 aliphatic carbocycles. The lowest BCUT2D eigenvalue weighted by molar-refractivity contribution is -0.207. The third kappa shape index (κ3) is 5.73. The van der Waals surface area contributed by atoms with Gasteiger partial charge in [0.1, 0.15) is 5.60 Å². The average Bonchev–Trinajstić information content (AvgIpc) is 3.06.